The largest absolute Gasteiger partial charge is 0.489 e. The Bertz CT molecular complexity index is 1040. The number of aliphatic carboxylic acids is 1. The summed E-state index contributed by atoms with van der Waals surface area (Å²) in [5.74, 6) is 0.0764. The van der Waals surface area contributed by atoms with Crippen molar-refractivity contribution in [2.24, 2.45) is 11.8 Å². The molecule has 4 rings (SSSR count). The van der Waals surface area contributed by atoms with Crippen LogP contribution in [0.3, 0.4) is 0 Å². The highest BCUT2D eigenvalue weighted by atomic mass is 16.5. The number of carboxylic acid groups (broad SMARTS) is 1. The molecule has 2 bridgehead atoms. The van der Waals surface area contributed by atoms with Gasteiger partial charge in [-0.1, -0.05) is 18.2 Å². The highest BCUT2D eigenvalue weighted by Gasteiger charge is 2.31. The van der Waals surface area contributed by atoms with Gasteiger partial charge in [0.1, 0.15) is 12.4 Å². The van der Waals surface area contributed by atoms with E-state index in [0.29, 0.717) is 32.7 Å². The number of amides is 1. The van der Waals surface area contributed by atoms with Crippen LogP contribution in [0.1, 0.15) is 24.1 Å². The Balaban J connectivity index is 1.46. The van der Waals surface area contributed by atoms with Crippen molar-refractivity contribution < 1.29 is 19.4 Å². The summed E-state index contributed by atoms with van der Waals surface area (Å²) < 4.78 is 6.08. The quantitative estimate of drug-likeness (QED) is 0.617. The van der Waals surface area contributed by atoms with Crippen molar-refractivity contribution in [1.82, 2.24) is 15.2 Å². The highest BCUT2D eigenvalue weighted by molar-refractivity contribution is 5.78. The van der Waals surface area contributed by atoms with Gasteiger partial charge in [-0.05, 0) is 48.6 Å². The van der Waals surface area contributed by atoms with Crippen molar-refractivity contribution in [3.05, 3.63) is 66.0 Å². The number of pyridine rings is 1. The number of anilines is 1. The van der Waals surface area contributed by atoms with Crippen LogP contribution in [0.5, 0.6) is 5.75 Å². The number of hydrogen-bond donors (Lipinski definition) is 2. The van der Waals surface area contributed by atoms with Gasteiger partial charge in [-0.3, -0.25) is 14.6 Å². The van der Waals surface area contributed by atoms with Crippen LogP contribution < -0.4 is 15.0 Å². The van der Waals surface area contributed by atoms with Crippen LogP contribution in [0.2, 0.25) is 0 Å². The second kappa shape index (κ2) is 11.8. The summed E-state index contributed by atoms with van der Waals surface area (Å²) in [4.78, 5) is 32.6. The number of piperidine rings is 1. The number of likely N-dealkylation sites (N-methyl/N-ethyl adjacent to an activating group) is 1. The second-order valence-electron chi connectivity index (χ2n) is 9.28. The average Bonchev–Trinajstić information content (AvgIpc) is 2.87. The van der Waals surface area contributed by atoms with Crippen molar-refractivity contribution in [1.29, 1.82) is 0 Å². The fraction of sp³-hybridized carbons (Fsp3) is 0.444. The van der Waals surface area contributed by atoms with Crippen molar-refractivity contribution in [3.8, 4) is 5.75 Å². The second-order valence-corrected chi connectivity index (χ2v) is 9.28. The van der Waals surface area contributed by atoms with Gasteiger partial charge in [-0.2, -0.15) is 0 Å². The molecule has 1 aromatic carbocycles. The lowest BCUT2D eigenvalue weighted by Gasteiger charge is -2.37. The van der Waals surface area contributed by atoms with E-state index in [4.69, 9.17) is 4.74 Å². The Labute approximate surface area is 206 Å². The predicted molar refractivity (Wildman–Crippen MR) is 134 cm³/mol. The number of aromatic nitrogens is 1. The molecule has 8 nitrogen and oxygen atoms in total. The van der Waals surface area contributed by atoms with E-state index >= 15 is 0 Å². The zero-order valence-electron chi connectivity index (χ0n) is 20.2. The standard InChI is InChI=1S/C27H34N4O4/c1-30(12-10-23-6-2-3-11-29-23)24-7-8-25-22(15-24)17-28-18-26(32)31-13-9-20(16-27(33)34)21(19-31)5-4-14-35-25/h2-8,11,15,20-21,28H,9-10,12-14,16-19H2,1H3,(H,33,34)/b5-4+/t20-,21-/m0/s1. The monoisotopic (exact) mass is 478 g/mol. The number of rotatable bonds is 6. The summed E-state index contributed by atoms with van der Waals surface area (Å²) in [7, 11) is 2.06. The molecular formula is C27H34N4O4. The number of carbonyl (C=O) groups is 2. The van der Waals surface area contributed by atoms with Crippen LogP contribution >= 0.6 is 0 Å². The summed E-state index contributed by atoms with van der Waals surface area (Å²) >= 11 is 0. The average molecular weight is 479 g/mol. The molecule has 2 N–H and O–H groups in total. The zero-order chi connectivity index (χ0) is 24.6. The summed E-state index contributed by atoms with van der Waals surface area (Å²) in [5.41, 5.74) is 3.13. The number of fused-ring (bicyclic) bond motifs is 3. The van der Waals surface area contributed by atoms with E-state index in [1.807, 2.05) is 53.6 Å². The SMILES string of the molecule is CN(CCc1ccccn1)c1ccc2c(c1)CNCC(=O)N1CC[C@@H](CC(=O)O)[C@@H](/C=C/CO2)C1. The van der Waals surface area contributed by atoms with Crippen LogP contribution in [-0.4, -0.2) is 66.7 Å². The molecule has 2 aliphatic rings. The normalized spacial score (nSPS) is 21.5. The molecule has 186 valence electrons. The molecule has 2 aliphatic heterocycles. The Hall–Kier alpha value is -3.39. The summed E-state index contributed by atoms with van der Waals surface area (Å²) in [6.07, 6.45) is 7.46. The number of benzene rings is 1. The molecular weight excluding hydrogens is 444 g/mol. The van der Waals surface area contributed by atoms with Crippen LogP contribution in [0.25, 0.3) is 0 Å². The van der Waals surface area contributed by atoms with E-state index < -0.39 is 5.97 Å². The minimum Gasteiger partial charge on any atom is -0.489 e. The van der Waals surface area contributed by atoms with E-state index in [9.17, 15) is 14.7 Å². The Kier molecular flexibility index (Phi) is 8.36. The minimum atomic E-state index is -0.793. The van der Waals surface area contributed by atoms with E-state index in [-0.39, 0.29) is 30.7 Å². The first-order chi connectivity index (χ1) is 17.0. The Morgan fingerprint density at radius 2 is 2.17 bits per heavy atom. The molecule has 0 aliphatic carbocycles. The van der Waals surface area contributed by atoms with Gasteiger partial charge in [-0.25, -0.2) is 0 Å². The molecule has 0 unspecified atom stereocenters. The minimum absolute atomic E-state index is 0.0164. The fourth-order valence-electron chi connectivity index (χ4n) is 4.78. The molecule has 2 aromatic rings. The lowest BCUT2D eigenvalue weighted by Crippen LogP contribution is -2.46. The molecule has 8 heteroatoms. The highest BCUT2D eigenvalue weighted by Crippen LogP contribution is 2.29. The molecule has 1 saturated heterocycles. The van der Waals surface area contributed by atoms with Gasteiger partial charge in [0, 0.05) is 69.2 Å². The van der Waals surface area contributed by atoms with E-state index in [1.165, 1.54) is 0 Å². The molecule has 1 fully saturated rings. The first-order valence-electron chi connectivity index (χ1n) is 12.2. The first-order valence-corrected chi connectivity index (χ1v) is 12.2. The topological polar surface area (TPSA) is 95.0 Å². The number of carbonyl (C=O) groups excluding carboxylic acids is 1. The van der Waals surface area contributed by atoms with Crippen molar-refractivity contribution in [2.75, 3.05) is 44.7 Å². The zero-order valence-corrected chi connectivity index (χ0v) is 20.2. The van der Waals surface area contributed by atoms with Crippen molar-refractivity contribution in [3.63, 3.8) is 0 Å². The smallest absolute Gasteiger partial charge is 0.303 e. The maximum Gasteiger partial charge on any atom is 0.303 e. The molecule has 1 amide bonds. The lowest BCUT2D eigenvalue weighted by molar-refractivity contribution is -0.139. The van der Waals surface area contributed by atoms with Gasteiger partial charge in [0.05, 0.1) is 6.54 Å². The molecule has 2 atom stereocenters. The third-order valence-electron chi connectivity index (χ3n) is 6.82. The third-order valence-corrected chi connectivity index (χ3v) is 6.82. The van der Waals surface area contributed by atoms with Gasteiger partial charge in [0.15, 0.2) is 0 Å². The molecule has 0 radical (unpaired) electrons. The van der Waals surface area contributed by atoms with Gasteiger partial charge < -0.3 is 25.0 Å². The maximum atomic E-state index is 12.8. The van der Waals surface area contributed by atoms with Crippen molar-refractivity contribution in [2.45, 2.75) is 25.8 Å². The van der Waals surface area contributed by atoms with Gasteiger partial charge >= 0.3 is 5.97 Å². The van der Waals surface area contributed by atoms with Crippen molar-refractivity contribution >= 4 is 17.6 Å². The Morgan fingerprint density at radius 1 is 1.29 bits per heavy atom. The molecule has 0 saturated carbocycles. The van der Waals surface area contributed by atoms with E-state index in [0.717, 1.165) is 35.7 Å². The number of carboxylic acids is 1. The van der Waals surface area contributed by atoms with Crippen LogP contribution in [0, 0.1) is 11.8 Å². The van der Waals surface area contributed by atoms with E-state index in [2.05, 4.69) is 28.3 Å². The third kappa shape index (κ3) is 6.82. The fourth-order valence-corrected chi connectivity index (χ4v) is 4.78. The summed E-state index contributed by atoms with van der Waals surface area (Å²) in [5, 5.41) is 12.6. The van der Waals surface area contributed by atoms with Crippen LogP contribution in [-0.2, 0) is 22.6 Å². The molecule has 35 heavy (non-hydrogen) atoms. The Morgan fingerprint density at radius 3 is 2.97 bits per heavy atom. The van der Waals surface area contributed by atoms with Gasteiger partial charge in [0.2, 0.25) is 5.91 Å². The number of ether oxygens (including phenoxy) is 1. The summed E-state index contributed by atoms with van der Waals surface area (Å²) in [6, 6.07) is 12.1. The van der Waals surface area contributed by atoms with E-state index in [1.54, 1.807) is 0 Å². The maximum absolute atomic E-state index is 12.8. The number of nitrogens with zero attached hydrogens (tertiary/aromatic N) is 3. The predicted octanol–water partition coefficient (Wildman–Crippen LogP) is 2.74. The van der Waals surface area contributed by atoms with Gasteiger partial charge in [0.25, 0.3) is 0 Å². The molecule has 3 heterocycles. The van der Waals surface area contributed by atoms with Crippen LogP contribution in [0.15, 0.2) is 54.7 Å². The van der Waals surface area contributed by atoms with Gasteiger partial charge in [-0.15, -0.1) is 0 Å². The number of nitrogens with one attached hydrogen (secondary N) is 1. The first kappa shape index (κ1) is 24.7. The summed E-state index contributed by atoms with van der Waals surface area (Å²) in [6.45, 7) is 3.13. The molecule has 1 aromatic heterocycles. The molecule has 0 spiro atoms. The van der Waals surface area contributed by atoms with Crippen LogP contribution in [0.4, 0.5) is 5.69 Å². The lowest BCUT2D eigenvalue weighted by atomic mass is 9.83. The number of hydrogen-bond acceptors (Lipinski definition) is 6.